The lowest BCUT2D eigenvalue weighted by Gasteiger charge is -2.22. The molecule has 0 aromatic heterocycles. The minimum Gasteiger partial charge on any atom is -0.487 e. The van der Waals surface area contributed by atoms with Crippen molar-refractivity contribution in [2.75, 3.05) is 58.2 Å². The Morgan fingerprint density at radius 3 is 1.96 bits per heavy atom. The SMILES string of the molecule is CCC(C)(C)C(=O)Nc1ccc2c(c1)OCCOCCOCCOCCO2. The monoisotopic (exact) mass is 381 g/mol. The fraction of sp³-hybridized carbons (Fsp3) is 0.650. The van der Waals surface area contributed by atoms with E-state index in [-0.39, 0.29) is 5.91 Å². The molecule has 27 heavy (non-hydrogen) atoms. The van der Waals surface area contributed by atoms with Gasteiger partial charge in [-0.3, -0.25) is 4.79 Å². The van der Waals surface area contributed by atoms with Gasteiger partial charge in [0.15, 0.2) is 11.5 Å². The van der Waals surface area contributed by atoms with Crippen molar-refractivity contribution in [2.24, 2.45) is 5.41 Å². The standard InChI is InChI=1S/C20H31NO6/c1-4-20(2,3)19(22)21-16-5-6-17-18(15-16)27-14-12-25-10-8-23-7-9-24-11-13-26-17/h5-6,15H,4,7-14H2,1-3H3,(H,21,22). The van der Waals surface area contributed by atoms with Crippen LogP contribution in [0.1, 0.15) is 27.2 Å². The first kappa shape index (κ1) is 21.5. The number of amides is 1. The van der Waals surface area contributed by atoms with Crippen LogP contribution in [0.2, 0.25) is 0 Å². The predicted octanol–water partition coefficient (Wildman–Crippen LogP) is 2.88. The van der Waals surface area contributed by atoms with Gasteiger partial charge in [-0.25, -0.2) is 0 Å². The van der Waals surface area contributed by atoms with Gasteiger partial charge in [-0.1, -0.05) is 20.8 Å². The number of carbonyl (C=O) groups excluding carboxylic acids is 1. The molecular weight excluding hydrogens is 350 g/mol. The lowest BCUT2D eigenvalue weighted by Crippen LogP contribution is -2.30. The number of hydrogen-bond acceptors (Lipinski definition) is 6. The molecule has 0 spiro atoms. The van der Waals surface area contributed by atoms with Gasteiger partial charge in [-0.05, 0) is 18.6 Å². The Bertz CT molecular complexity index is 590. The summed E-state index contributed by atoms with van der Waals surface area (Å²) in [5.41, 5.74) is 0.239. The number of fused-ring (bicyclic) bond motifs is 1. The fourth-order valence-corrected chi connectivity index (χ4v) is 2.24. The number of anilines is 1. The van der Waals surface area contributed by atoms with Crippen molar-refractivity contribution < 1.29 is 28.5 Å². The molecule has 1 heterocycles. The van der Waals surface area contributed by atoms with E-state index < -0.39 is 5.41 Å². The molecule has 7 nitrogen and oxygen atoms in total. The van der Waals surface area contributed by atoms with E-state index in [0.29, 0.717) is 70.0 Å². The van der Waals surface area contributed by atoms with Crippen molar-refractivity contribution in [1.29, 1.82) is 0 Å². The first-order chi connectivity index (χ1) is 13.0. The topological polar surface area (TPSA) is 75.3 Å². The maximum atomic E-state index is 12.4. The molecule has 0 saturated carbocycles. The molecular formula is C20H31NO6. The summed E-state index contributed by atoms with van der Waals surface area (Å²) in [5.74, 6) is 1.15. The molecule has 152 valence electrons. The van der Waals surface area contributed by atoms with E-state index in [0.717, 1.165) is 6.42 Å². The summed E-state index contributed by atoms with van der Waals surface area (Å²) in [5, 5.41) is 2.95. The van der Waals surface area contributed by atoms with Crippen LogP contribution in [-0.4, -0.2) is 58.8 Å². The number of rotatable bonds is 3. The highest BCUT2D eigenvalue weighted by Crippen LogP contribution is 2.32. The van der Waals surface area contributed by atoms with Crippen molar-refractivity contribution in [3.05, 3.63) is 18.2 Å². The van der Waals surface area contributed by atoms with Gasteiger partial charge in [0.1, 0.15) is 13.2 Å². The van der Waals surface area contributed by atoms with Gasteiger partial charge in [0, 0.05) is 17.2 Å². The highest BCUT2D eigenvalue weighted by Gasteiger charge is 2.25. The summed E-state index contributed by atoms with van der Waals surface area (Å²) in [4.78, 5) is 12.4. The van der Waals surface area contributed by atoms with Crippen LogP contribution in [0.5, 0.6) is 11.5 Å². The van der Waals surface area contributed by atoms with Crippen LogP contribution in [0.3, 0.4) is 0 Å². The van der Waals surface area contributed by atoms with Crippen molar-refractivity contribution in [1.82, 2.24) is 0 Å². The van der Waals surface area contributed by atoms with Crippen LogP contribution in [0.15, 0.2) is 18.2 Å². The smallest absolute Gasteiger partial charge is 0.230 e. The first-order valence-electron chi connectivity index (χ1n) is 9.47. The van der Waals surface area contributed by atoms with E-state index in [9.17, 15) is 4.79 Å². The van der Waals surface area contributed by atoms with Gasteiger partial charge in [0.2, 0.25) is 5.91 Å². The quantitative estimate of drug-likeness (QED) is 0.868. The Labute approximate surface area is 161 Å². The molecule has 1 aliphatic heterocycles. The molecule has 1 aromatic carbocycles. The Hall–Kier alpha value is -1.83. The van der Waals surface area contributed by atoms with Crippen LogP contribution in [-0.2, 0) is 19.0 Å². The van der Waals surface area contributed by atoms with Gasteiger partial charge >= 0.3 is 0 Å². The highest BCUT2D eigenvalue weighted by molar-refractivity contribution is 5.95. The summed E-state index contributed by atoms with van der Waals surface area (Å²) >= 11 is 0. The minimum absolute atomic E-state index is 0.0280. The number of ether oxygens (including phenoxy) is 5. The Balaban J connectivity index is 2.05. The molecule has 0 atom stereocenters. The molecule has 1 amide bonds. The van der Waals surface area contributed by atoms with E-state index in [1.807, 2.05) is 26.8 Å². The number of benzene rings is 1. The fourth-order valence-electron chi connectivity index (χ4n) is 2.24. The minimum atomic E-state index is -0.435. The second kappa shape index (κ2) is 11.1. The van der Waals surface area contributed by atoms with Crippen LogP contribution in [0.4, 0.5) is 5.69 Å². The number of carbonyl (C=O) groups is 1. The second-order valence-corrected chi connectivity index (χ2v) is 6.89. The van der Waals surface area contributed by atoms with Crippen molar-refractivity contribution in [3.8, 4) is 11.5 Å². The van der Waals surface area contributed by atoms with Gasteiger partial charge in [-0.15, -0.1) is 0 Å². The van der Waals surface area contributed by atoms with Crippen molar-refractivity contribution in [2.45, 2.75) is 27.2 Å². The molecule has 0 unspecified atom stereocenters. The van der Waals surface area contributed by atoms with E-state index in [1.165, 1.54) is 0 Å². The summed E-state index contributed by atoms with van der Waals surface area (Å²) in [6.45, 7) is 9.62. The molecule has 1 N–H and O–H groups in total. The third kappa shape index (κ3) is 7.36. The molecule has 0 saturated heterocycles. The van der Waals surface area contributed by atoms with Gasteiger partial charge in [-0.2, -0.15) is 0 Å². The van der Waals surface area contributed by atoms with E-state index in [4.69, 9.17) is 23.7 Å². The number of nitrogens with one attached hydrogen (secondary N) is 1. The molecule has 1 aliphatic rings. The number of hydrogen-bond donors (Lipinski definition) is 1. The maximum absolute atomic E-state index is 12.4. The largest absolute Gasteiger partial charge is 0.487 e. The van der Waals surface area contributed by atoms with Crippen molar-refractivity contribution in [3.63, 3.8) is 0 Å². The molecule has 1 aromatic rings. The molecule has 0 aliphatic carbocycles. The summed E-state index contributed by atoms with van der Waals surface area (Å²) in [6, 6.07) is 5.39. The predicted molar refractivity (Wildman–Crippen MR) is 103 cm³/mol. The summed E-state index contributed by atoms with van der Waals surface area (Å²) in [6.07, 6.45) is 0.754. The highest BCUT2D eigenvalue weighted by atomic mass is 16.6. The zero-order chi connectivity index (χ0) is 19.5. The van der Waals surface area contributed by atoms with Crippen molar-refractivity contribution >= 4 is 11.6 Å². The Morgan fingerprint density at radius 2 is 1.41 bits per heavy atom. The Kier molecular flexibility index (Phi) is 8.84. The summed E-state index contributed by atoms with van der Waals surface area (Å²) < 4.78 is 27.9. The van der Waals surface area contributed by atoms with Crippen LogP contribution >= 0.6 is 0 Å². The van der Waals surface area contributed by atoms with Gasteiger partial charge in [0.05, 0.1) is 39.6 Å². The third-order valence-electron chi connectivity index (χ3n) is 4.41. The molecule has 7 heteroatoms. The van der Waals surface area contributed by atoms with Crippen LogP contribution in [0, 0.1) is 5.41 Å². The van der Waals surface area contributed by atoms with Gasteiger partial charge in [0.25, 0.3) is 0 Å². The zero-order valence-electron chi connectivity index (χ0n) is 16.5. The molecule has 0 radical (unpaired) electrons. The van der Waals surface area contributed by atoms with Crippen LogP contribution in [0.25, 0.3) is 0 Å². The average molecular weight is 381 g/mol. The second-order valence-electron chi connectivity index (χ2n) is 6.89. The lowest BCUT2D eigenvalue weighted by molar-refractivity contribution is -0.124. The first-order valence-corrected chi connectivity index (χ1v) is 9.47. The zero-order valence-corrected chi connectivity index (χ0v) is 16.5. The van der Waals surface area contributed by atoms with E-state index in [1.54, 1.807) is 12.1 Å². The molecule has 0 bridgehead atoms. The lowest BCUT2D eigenvalue weighted by atomic mass is 9.89. The van der Waals surface area contributed by atoms with Gasteiger partial charge < -0.3 is 29.0 Å². The average Bonchev–Trinajstić information content (AvgIpc) is 2.67. The summed E-state index contributed by atoms with van der Waals surface area (Å²) in [7, 11) is 0. The maximum Gasteiger partial charge on any atom is 0.230 e. The van der Waals surface area contributed by atoms with E-state index >= 15 is 0 Å². The van der Waals surface area contributed by atoms with E-state index in [2.05, 4.69) is 5.32 Å². The molecule has 0 fully saturated rings. The molecule has 2 rings (SSSR count). The third-order valence-corrected chi connectivity index (χ3v) is 4.41. The Morgan fingerprint density at radius 1 is 0.889 bits per heavy atom. The van der Waals surface area contributed by atoms with Crippen LogP contribution < -0.4 is 14.8 Å². The normalized spacial score (nSPS) is 17.4.